The minimum Gasteiger partial charge on any atom is -0.207 e. The Hall–Kier alpha value is -2.84. The summed E-state index contributed by atoms with van der Waals surface area (Å²) in [6, 6.07) is 13.3. The van der Waals surface area contributed by atoms with E-state index < -0.39 is 10.0 Å². The van der Waals surface area contributed by atoms with Gasteiger partial charge in [-0.05, 0) is 44.4 Å². The summed E-state index contributed by atoms with van der Waals surface area (Å²) in [5.41, 5.74) is 3.17. The number of aromatic nitrogens is 4. The van der Waals surface area contributed by atoms with Crippen molar-refractivity contribution < 1.29 is 8.42 Å². The maximum atomic E-state index is 13.4. The Morgan fingerprint density at radius 2 is 1.69 bits per heavy atom. The molecule has 2 aromatic heterocycles. The van der Waals surface area contributed by atoms with E-state index in [1.807, 2.05) is 44.2 Å². The van der Waals surface area contributed by atoms with Gasteiger partial charge >= 0.3 is 0 Å². The number of nitrogens with zero attached hydrogens (tertiary/aromatic N) is 5. The van der Waals surface area contributed by atoms with E-state index in [4.69, 9.17) is 5.10 Å². The highest BCUT2D eigenvalue weighted by atomic mass is 32.2. The minimum atomic E-state index is -3.61. The van der Waals surface area contributed by atoms with Crippen molar-refractivity contribution in [3.05, 3.63) is 53.7 Å². The number of benzene rings is 2. The van der Waals surface area contributed by atoms with Crippen LogP contribution in [0, 0.1) is 13.8 Å². The highest BCUT2D eigenvalue weighted by molar-refractivity contribution is 7.89. The predicted molar refractivity (Wildman–Crippen MR) is 125 cm³/mol. The zero-order chi connectivity index (χ0) is 22.5. The van der Waals surface area contributed by atoms with E-state index in [2.05, 4.69) is 10.2 Å². The number of hydrogen-bond acceptors (Lipinski definition) is 5. The molecule has 1 aliphatic carbocycles. The second kappa shape index (κ2) is 7.94. The SMILES string of the molecule is Cc1ccc(S(=O)(=O)N(C)C2CCCCC2)cc1-c1nnc2c3ccccc3c(C)nn12. The zero-order valence-corrected chi connectivity index (χ0v) is 19.4. The summed E-state index contributed by atoms with van der Waals surface area (Å²) in [4.78, 5) is 0.278. The number of hydrogen-bond donors (Lipinski definition) is 0. The van der Waals surface area contributed by atoms with E-state index in [1.165, 1.54) is 6.42 Å². The van der Waals surface area contributed by atoms with Gasteiger partial charge in [0, 0.05) is 29.4 Å². The van der Waals surface area contributed by atoms with E-state index in [0.717, 1.165) is 53.3 Å². The molecule has 4 aromatic rings. The number of sulfonamides is 1. The highest BCUT2D eigenvalue weighted by Crippen LogP contribution is 2.31. The summed E-state index contributed by atoms with van der Waals surface area (Å²) in [5, 5.41) is 15.5. The normalized spacial score (nSPS) is 15.8. The Bertz CT molecular complexity index is 1420. The second-order valence-corrected chi connectivity index (χ2v) is 10.7. The molecule has 166 valence electrons. The predicted octanol–water partition coefficient (Wildman–Crippen LogP) is 4.51. The fraction of sp³-hybridized carbons (Fsp3) is 0.375. The summed E-state index contributed by atoms with van der Waals surface area (Å²) < 4.78 is 30.1. The Balaban J connectivity index is 1.63. The van der Waals surface area contributed by atoms with Crippen LogP contribution in [0.15, 0.2) is 47.4 Å². The first kappa shape index (κ1) is 21.0. The van der Waals surface area contributed by atoms with Crippen molar-refractivity contribution in [3.63, 3.8) is 0 Å². The Morgan fingerprint density at radius 1 is 0.969 bits per heavy atom. The first-order valence-electron chi connectivity index (χ1n) is 11.1. The van der Waals surface area contributed by atoms with E-state index in [-0.39, 0.29) is 10.9 Å². The lowest BCUT2D eigenvalue weighted by molar-refractivity contribution is 0.286. The van der Waals surface area contributed by atoms with Crippen LogP contribution in [0.3, 0.4) is 0 Å². The molecule has 0 N–H and O–H groups in total. The minimum absolute atomic E-state index is 0.0584. The molecule has 0 aliphatic heterocycles. The molecule has 0 saturated heterocycles. The van der Waals surface area contributed by atoms with Gasteiger partial charge in [-0.3, -0.25) is 0 Å². The van der Waals surface area contributed by atoms with Crippen molar-refractivity contribution in [2.24, 2.45) is 0 Å². The quantitative estimate of drug-likeness (QED) is 0.458. The van der Waals surface area contributed by atoms with Crippen LogP contribution < -0.4 is 0 Å². The number of aryl methyl sites for hydroxylation is 2. The van der Waals surface area contributed by atoms with Gasteiger partial charge in [0.15, 0.2) is 11.5 Å². The average molecular weight is 450 g/mol. The summed E-state index contributed by atoms with van der Waals surface area (Å²) in [7, 11) is -1.91. The lowest BCUT2D eigenvalue weighted by Gasteiger charge is -2.30. The largest absolute Gasteiger partial charge is 0.243 e. The summed E-state index contributed by atoms with van der Waals surface area (Å²) in [6.45, 7) is 3.91. The molecule has 0 spiro atoms. The molecular weight excluding hydrogens is 422 g/mol. The van der Waals surface area contributed by atoms with Crippen LogP contribution >= 0.6 is 0 Å². The molecule has 1 fully saturated rings. The van der Waals surface area contributed by atoms with Crippen LogP contribution in [0.5, 0.6) is 0 Å². The molecule has 7 nitrogen and oxygen atoms in total. The molecule has 0 unspecified atom stereocenters. The number of fused-ring (bicyclic) bond motifs is 3. The molecule has 1 aliphatic rings. The molecule has 0 bridgehead atoms. The third-order valence-corrected chi connectivity index (χ3v) is 8.57. The van der Waals surface area contributed by atoms with Gasteiger partial charge in [-0.15, -0.1) is 10.2 Å². The first-order chi connectivity index (χ1) is 15.4. The topological polar surface area (TPSA) is 80.5 Å². The lowest BCUT2D eigenvalue weighted by Crippen LogP contribution is -2.38. The van der Waals surface area contributed by atoms with Gasteiger partial charge in [0.2, 0.25) is 10.0 Å². The van der Waals surface area contributed by atoms with Crippen LogP contribution in [-0.2, 0) is 10.0 Å². The zero-order valence-electron chi connectivity index (χ0n) is 18.6. The first-order valence-corrected chi connectivity index (χ1v) is 12.5. The standard InChI is InChI=1S/C24H27N5O2S/c1-16-13-14-19(32(30,31)28(3)18-9-5-4-6-10-18)15-22(16)24-26-25-23-21-12-8-7-11-20(21)17(2)27-29(23)24/h7-8,11-15,18H,4-6,9-10H2,1-3H3. The molecular formula is C24H27N5O2S. The van der Waals surface area contributed by atoms with Gasteiger partial charge in [-0.2, -0.15) is 13.9 Å². The van der Waals surface area contributed by atoms with Crippen molar-refractivity contribution >= 4 is 26.4 Å². The molecule has 1 saturated carbocycles. The molecule has 0 atom stereocenters. The van der Waals surface area contributed by atoms with Gasteiger partial charge in [-0.25, -0.2) is 8.42 Å². The van der Waals surface area contributed by atoms with Gasteiger partial charge in [0.05, 0.1) is 10.6 Å². The second-order valence-electron chi connectivity index (χ2n) is 8.68. The van der Waals surface area contributed by atoms with Crippen LogP contribution in [0.1, 0.15) is 43.4 Å². The Labute approximate surface area is 188 Å². The summed E-state index contributed by atoms with van der Waals surface area (Å²) >= 11 is 0. The van der Waals surface area contributed by atoms with Crippen molar-refractivity contribution in [2.45, 2.75) is 56.9 Å². The van der Waals surface area contributed by atoms with Crippen molar-refractivity contribution in [1.29, 1.82) is 0 Å². The van der Waals surface area contributed by atoms with E-state index in [1.54, 1.807) is 28.0 Å². The average Bonchev–Trinajstić information content (AvgIpc) is 3.23. The fourth-order valence-electron chi connectivity index (χ4n) is 4.72. The van der Waals surface area contributed by atoms with Crippen LogP contribution in [-0.4, -0.2) is 45.6 Å². The van der Waals surface area contributed by atoms with Crippen LogP contribution in [0.2, 0.25) is 0 Å². The maximum Gasteiger partial charge on any atom is 0.243 e. The molecule has 32 heavy (non-hydrogen) atoms. The Kier molecular flexibility index (Phi) is 5.22. The molecule has 0 amide bonds. The molecule has 2 heterocycles. The van der Waals surface area contributed by atoms with E-state index >= 15 is 0 Å². The fourth-order valence-corrected chi connectivity index (χ4v) is 6.16. The molecule has 2 aromatic carbocycles. The monoisotopic (exact) mass is 449 g/mol. The van der Waals surface area contributed by atoms with Crippen molar-refractivity contribution in [2.75, 3.05) is 7.05 Å². The number of rotatable bonds is 4. The van der Waals surface area contributed by atoms with Crippen LogP contribution in [0.25, 0.3) is 27.8 Å². The maximum absolute atomic E-state index is 13.4. The van der Waals surface area contributed by atoms with Crippen molar-refractivity contribution in [1.82, 2.24) is 24.1 Å². The third-order valence-electron chi connectivity index (χ3n) is 6.66. The van der Waals surface area contributed by atoms with Crippen molar-refractivity contribution in [3.8, 4) is 11.4 Å². The summed E-state index contributed by atoms with van der Waals surface area (Å²) in [6.07, 6.45) is 5.17. The lowest BCUT2D eigenvalue weighted by atomic mass is 9.96. The highest BCUT2D eigenvalue weighted by Gasteiger charge is 2.30. The van der Waals surface area contributed by atoms with E-state index in [0.29, 0.717) is 11.5 Å². The van der Waals surface area contributed by atoms with Gasteiger partial charge in [0.25, 0.3) is 0 Å². The van der Waals surface area contributed by atoms with E-state index in [9.17, 15) is 8.42 Å². The Morgan fingerprint density at radius 3 is 2.44 bits per heavy atom. The third kappa shape index (κ3) is 3.38. The molecule has 0 radical (unpaired) electrons. The van der Waals surface area contributed by atoms with Gasteiger partial charge in [0.1, 0.15) is 0 Å². The smallest absolute Gasteiger partial charge is 0.207 e. The van der Waals surface area contributed by atoms with Gasteiger partial charge < -0.3 is 0 Å². The molecule has 5 rings (SSSR count). The van der Waals surface area contributed by atoms with Gasteiger partial charge in [-0.1, -0.05) is 49.6 Å². The molecule has 8 heteroatoms. The summed E-state index contributed by atoms with van der Waals surface area (Å²) in [5.74, 6) is 0.545. The van der Waals surface area contributed by atoms with Crippen LogP contribution in [0.4, 0.5) is 0 Å².